The number of hydrogen-bond donors (Lipinski definition) is 3. The van der Waals surface area contributed by atoms with E-state index in [9.17, 15) is 26.4 Å². The number of sulfone groups is 1. The molecule has 1 aliphatic heterocycles. The molecular weight excluding hydrogens is 575 g/mol. The van der Waals surface area contributed by atoms with Crippen LogP contribution < -0.4 is 15.6 Å². The number of nitrogens with one attached hydrogen (secondary N) is 2. The smallest absolute Gasteiger partial charge is 0.402 e. The van der Waals surface area contributed by atoms with Gasteiger partial charge in [-0.05, 0) is 42.0 Å². The SMILES string of the molecule is O=C(NNCC(F)(F)F)[C@@]1(CCS(=O)(=O)c2ccccc2)N=C(c2ccc(OCCCO)cc2)O[C@H]1c1ccccc1. The monoisotopic (exact) mass is 605 g/mol. The molecule has 9 nitrogen and oxygen atoms in total. The number of aliphatic hydroxyl groups is 1. The Morgan fingerprint density at radius 2 is 1.64 bits per heavy atom. The Bertz CT molecular complexity index is 1470. The maximum absolute atomic E-state index is 13.7. The highest BCUT2D eigenvalue weighted by Crippen LogP contribution is 2.43. The summed E-state index contributed by atoms with van der Waals surface area (Å²) in [6.07, 6.45) is -5.72. The number of hydrogen-bond acceptors (Lipinski definition) is 8. The number of benzene rings is 3. The van der Waals surface area contributed by atoms with Gasteiger partial charge in [0.25, 0.3) is 5.91 Å². The maximum atomic E-state index is 13.7. The van der Waals surface area contributed by atoms with Crippen LogP contribution in [0.15, 0.2) is 94.8 Å². The van der Waals surface area contributed by atoms with Gasteiger partial charge in [0, 0.05) is 25.0 Å². The second-order valence-electron chi connectivity index (χ2n) is 9.50. The van der Waals surface area contributed by atoms with Crippen molar-refractivity contribution in [3.63, 3.8) is 0 Å². The van der Waals surface area contributed by atoms with E-state index >= 15 is 0 Å². The summed E-state index contributed by atoms with van der Waals surface area (Å²) in [7, 11) is -3.91. The van der Waals surface area contributed by atoms with Crippen LogP contribution in [0.5, 0.6) is 5.75 Å². The fraction of sp³-hybridized carbons (Fsp3) is 0.310. The van der Waals surface area contributed by atoms with E-state index in [-0.39, 0.29) is 17.4 Å². The molecule has 2 atom stereocenters. The first-order chi connectivity index (χ1) is 20.0. The van der Waals surface area contributed by atoms with Gasteiger partial charge in [-0.2, -0.15) is 13.2 Å². The van der Waals surface area contributed by atoms with Crippen molar-refractivity contribution in [2.75, 3.05) is 25.5 Å². The number of amides is 1. The topological polar surface area (TPSA) is 126 Å². The largest absolute Gasteiger partial charge is 0.494 e. The summed E-state index contributed by atoms with van der Waals surface area (Å²) in [5.41, 5.74) is 2.92. The lowest BCUT2D eigenvalue weighted by molar-refractivity contribution is -0.136. The van der Waals surface area contributed by atoms with Gasteiger partial charge in [-0.15, -0.1) is 0 Å². The molecule has 4 rings (SSSR count). The Morgan fingerprint density at radius 3 is 2.26 bits per heavy atom. The number of aliphatic imine (C=N–C) groups is 1. The highest BCUT2D eigenvalue weighted by Gasteiger charge is 2.53. The molecule has 0 saturated carbocycles. The quantitative estimate of drug-likeness (QED) is 0.200. The first kappa shape index (κ1) is 31.0. The van der Waals surface area contributed by atoms with Gasteiger partial charge in [0.1, 0.15) is 12.3 Å². The summed E-state index contributed by atoms with van der Waals surface area (Å²) in [4.78, 5) is 18.3. The molecule has 0 radical (unpaired) electrons. The maximum Gasteiger partial charge on any atom is 0.402 e. The third-order valence-corrected chi connectivity index (χ3v) is 8.21. The molecule has 0 unspecified atom stereocenters. The van der Waals surface area contributed by atoms with Crippen LogP contribution >= 0.6 is 0 Å². The summed E-state index contributed by atoms with van der Waals surface area (Å²) in [6.45, 7) is -1.23. The molecular formula is C29H30F3N3O6S. The van der Waals surface area contributed by atoms with Gasteiger partial charge in [-0.3, -0.25) is 10.2 Å². The molecule has 0 spiro atoms. The average molecular weight is 606 g/mol. The van der Waals surface area contributed by atoms with E-state index in [1.54, 1.807) is 72.8 Å². The van der Waals surface area contributed by atoms with Gasteiger partial charge in [-0.1, -0.05) is 48.5 Å². The summed E-state index contributed by atoms with van der Waals surface area (Å²) in [5, 5.41) is 8.95. The highest BCUT2D eigenvalue weighted by atomic mass is 32.2. The Hall–Kier alpha value is -3.94. The van der Waals surface area contributed by atoms with Crippen LogP contribution in [-0.2, 0) is 19.4 Å². The van der Waals surface area contributed by atoms with Gasteiger partial charge in [0.2, 0.25) is 5.90 Å². The zero-order valence-electron chi connectivity index (χ0n) is 22.4. The lowest BCUT2D eigenvalue weighted by Gasteiger charge is -2.30. The molecule has 0 aliphatic carbocycles. The van der Waals surface area contributed by atoms with Crippen molar-refractivity contribution in [2.24, 2.45) is 4.99 Å². The van der Waals surface area contributed by atoms with Crippen LogP contribution in [0.25, 0.3) is 0 Å². The van der Waals surface area contributed by atoms with Gasteiger partial charge in [-0.25, -0.2) is 18.8 Å². The van der Waals surface area contributed by atoms with Crippen LogP contribution in [0, 0.1) is 0 Å². The molecule has 3 aromatic rings. The molecule has 1 aliphatic rings. The van der Waals surface area contributed by atoms with Crippen molar-refractivity contribution in [1.29, 1.82) is 0 Å². The molecule has 42 heavy (non-hydrogen) atoms. The van der Waals surface area contributed by atoms with E-state index in [0.29, 0.717) is 29.9 Å². The van der Waals surface area contributed by atoms with Crippen molar-refractivity contribution >= 4 is 21.6 Å². The zero-order chi connectivity index (χ0) is 30.2. The summed E-state index contributed by atoms with van der Waals surface area (Å²) >= 11 is 0. The molecule has 3 aromatic carbocycles. The van der Waals surface area contributed by atoms with E-state index in [4.69, 9.17) is 14.6 Å². The number of carbonyl (C=O) groups excluding carboxylic acids is 1. The number of alkyl halides is 3. The molecule has 224 valence electrons. The zero-order valence-corrected chi connectivity index (χ0v) is 23.2. The fourth-order valence-electron chi connectivity index (χ4n) is 4.37. The standard InChI is InChI=1S/C29H30F3N3O6S/c30-29(31,32)20-33-35-27(37)28(16-19-42(38,39)24-10-5-2-6-11-24)25(21-8-3-1-4-9-21)41-26(34-28)22-12-14-23(15-13-22)40-18-7-17-36/h1-6,8-15,25,33,36H,7,16-20H2,(H,35,37)/t25-,28-/m0/s1. The second-order valence-corrected chi connectivity index (χ2v) is 11.6. The number of nitrogens with zero attached hydrogens (tertiary/aromatic N) is 1. The molecule has 13 heteroatoms. The summed E-state index contributed by atoms with van der Waals surface area (Å²) in [6, 6.07) is 22.6. The Labute approximate surface area is 241 Å². The van der Waals surface area contributed by atoms with Crippen LogP contribution in [0.2, 0.25) is 0 Å². The minimum atomic E-state index is -4.61. The molecule has 0 bridgehead atoms. The molecule has 1 heterocycles. The van der Waals surface area contributed by atoms with Gasteiger partial charge < -0.3 is 14.6 Å². The second kappa shape index (κ2) is 13.4. The van der Waals surface area contributed by atoms with Crippen molar-refractivity contribution in [3.05, 3.63) is 96.1 Å². The minimum Gasteiger partial charge on any atom is -0.494 e. The Morgan fingerprint density at radius 1 is 1.00 bits per heavy atom. The fourth-order valence-corrected chi connectivity index (χ4v) is 5.75. The van der Waals surface area contributed by atoms with Crippen molar-refractivity contribution in [2.45, 2.75) is 35.6 Å². The lowest BCUT2D eigenvalue weighted by Crippen LogP contribution is -2.54. The molecule has 0 saturated heterocycles. The number of rotatable bonds is 13. The third kappa shape index (κ3) is 7.66. The average Bonchev–Trinajstić information content (AvgIpc) is 3.38. The van der Waals surface area contributed by atoms with Gasteiger partial charge in [0.15, 0.2) is 21.5 Å². The lowest BCUT2D eigenvalue weighted by atomic mass is 9.85. The molecule has 0 aromatic heterocycles. The van der Waals surface area contributed by atoms with Crippen LogP contribution in [0.3, 0.4) is 0 Å². The summed E-state index contributed by atoms with van der Waals surface area (Å²) < 4.78 is 76.8. The normalized spacial score (nSPS) is 18.7. The number of ether oxygens (including phenoxy) is 2. The van der Waals surface area contributed by atoms with E-state index in [1.165, 1.54) is 12.1 Å². The van der Waals surface area contributed by atoms with Crippen LogP contribution in [-0.4, -0.2) is 62.6 Å². The predicted molar refractivity (Wildman–Crippen MR) is 148 cm³/mol. The number of hydrazine groups is 1. The predicted octanol–water partition coefficient (Wildman–Crippen LogP) is 3.75. The van der Waals surface area contributed by atoms with Crippen LogP contribution in [0.1, 0.15) is 30.1 Å². The summed E-state index contributed by atoms with van der Waals surface area (Å²) in [5.74, 6) is -0.999. The van der Waals surface area contributed by atoms with Crippen molar-refractivity contribution < 1.29 is 41.0 Å². The number of aliphatic hydroxyl groups excluding tert-OH is 1. The first-order valence-corrected chi connectivity index (χ1v) is 14.7. The van der Waals surface area contributed by atoms with E-state index in [1.807, 2.05) is 5.43 Å². The van der Waals surface area contributed by atoms with E-state index < -0.39 is 52.3 Å². The molecule has 1 amide bonds. The van der Waals surface area contributed by atoms with Crippen molar-refractivity contribution in [1.82, 2.24) is 10.9 Å². The van der Waals surface area contributed by atoms with Crippen molar-refractivity contribution in [3.8, 4) is 5.75 Å². The Kier molecular flexibility index (Phi) is 9.86. The van der Waals surface area contributed by atoms with Crippen LogP contribution in [0.4, 0.5) is 13.2 Å². The highest BCUT2D eigenvalue weighted by molar-refractivity contribution is 7.91. The molecule has 0 fully saturated rings. The molecule has 3 N–H and O–H groups in total. The Balaban J connectivity index is 1.73. The van der Waals surface area contributed by atoms with E-state index in [2.05, 4.69) is 10.4 Å². The minimum absolute atomic E-state index is 0.00819. The van der Waals surface area contributed by atoms with Gasteiger partial charge in [0.05, 0.1) is 17.3 Å². The first-order valence-electron chi connectivity index (χ1n) is 13.1. The number of halogens is 3. The third-order valence-electron chi connectivity index (χ3n) is 6.48. The van der Waals surface area contributed by atoms with Gasteiger partial charge >= 0.3 is 6.18 Å². The van der Waals surface area contributed by atoms with E-state index in [0.717, 1.165) is 0 Å². The number of carbonyl (C=O) groups is 1.